The zero-order valence-electron chi connectivity index (χ0n) is 23.4. The van der Waals surface area contributed by atoms with Crippen LogP contribution in [-0.4, -0.2) is 32.1 Å². The molecule has 0 amide bonds. The Hall–Kier alpha value is -1.13. The van der Waals surface area contributed by atoms with Gasteiger partial charge in [-0.2, -0.15) is 0 Å². The average Bonchev–Trinajstić information content (AvgIpc) is 3.24. The zero-order chi connectivity index (χ0) is 25.3. The van der Waals surface area contributed by atoms with Gasteiger partial charge in [0, 0.05) is 13.0 Å². The summed E-state index contributed by atoms with van der Waals surface area (Å²) in [6.45, 7) is 8.45. The lowest BCUT2D eigenvalue weighted by Gasteiger charge is -2.58. The number of fused-ring (bicyclic) bond motifs is 5. The van der Waals surface area contributed by atoms with Gasteiger partial charge in [0.15, 0.2) is 6.29 Å². The van der Waals surface area contributed by atoms with Gasteiger partial charge in [-0.3, -0.25) is 4.79 Å². The van der Waals surface area contributed by atoms with E-state index in [4.69, 9.17) is 14.2 Å². The maximum atomic E-state index is 11.5. The molecule has 4 aliphatic carbocycles. The second kappa shape index (κ2) is 10.9. The third-order valence-corrected chi connectivity index (χ3v) is 11.4. The molecule has 5 rings (SSSR count). The Morgan fingerprint density at radius 3 is 2.75 bits per heavy atom. The van der Waals surface area contributed by atoms with Gasteiger partial charge in [0.25, 0.3) is 0 Å². The second-order valence-corrected chi connectivity index (χ2v) is 13.1. The molecule has 0 aromatic heterocycles. The summed E-state index contributed by atoms with van der Waals surface area (Å²) in [7, 11) is 1.48. The van der Waals surface area contributed by atoms with Crippen molar-refractivity contribution in [2.75, 3.05) is 13.7 Å². The Bertz CT molecular complexity index is 854. The van der Waals surface area contributed by atoms with E-state index in [2.05, 4.69) is 32.9 Å². The standard InChI is InChI=1S/C32H50O4/c1-22(9-5-6-10-29(33)34-4)26-14-15-27-25-13-12-23-21-24(36-30-11-7-8-20-35-30)16-18-31(23,2)28(25)17-19-32(26,27)3/h9,12,24-28,30H,5-8,10-11,13-21H2,1-4H3/b22-9+/t24-,25-,26+,27?,28?,30?,31-,32+/m0/s1. The number of allylic oxidation sites excluding steroid dienone is 3. The number of rotatable bonds is 7. The highest BCUT2D eigenvalue weighted by molar-refractivity contribution is 5.69. The molecule has 0 aromatic rings. The van der Waals surface area contributed by atoms with Crippen molar-refractivity contribution in [1.29, 1.82) is 0 Å². The molecule has 0 radical (unpaired) electrons. The van der Waals surface area contributed by atoms with Gasteiger partial charge < -0.3 is 14.2 Å². The van der Waals surface area contributed by atoms with E-state index in [0.29, 0.717) is 29.3 Å². The van der Waals surface area contributed by atoms with Gasteiger partial charge in [-0.25, -0.2) is 0 Å². The van der Waals surface area contributed by atoms with Crippen molar-refractivity contribution < 1.29 is 19.0 Å². The van der Waals surface area contributed by atoms with E-state index >= 15 is 0 Å². The van der Waals surface area contributed by atoms with Crippen LogP contribution in [0, 0.1) is 34.5 Å². The van der Waals surface area contributed by atoms with Crippen molar-refractivity contribution in [1.82, 2.24) is 0 Å². The smallest absolute Gasteiger partial charge is 0.305 e. The van der Waals surface area contributed by atoms with Gasteiger partial charge in [0.05, 0.1) is 13.2 Å². The van der Waals surface area contributed by atoms with E-state index in [9.17, 15) is 4.79 Å². The number of hydrogen-bond acceptors (Lipinski definition) is 4. The molecule has 0 spiro atoms. The fourth-order valence-electron chi connectivity index (χ4n) is 9.35. The highest BCUT2D eigenvalue weighted by atomic mass is 16.7. The fraction of sp³-hybridized carbons (Fsp3) is 0.844. The first-order chi connectivity index (χ1) is 17.3. The predicted octanol–water partition coefficient (Wildman–Crippen LogP) is 7.77. The molecular formula is C32H50O4. The highest BCUT2D eigenvalue weighted by Gasteiger charge is 2.58. The van der Waals surface area contributed by atoms with Crippen LogP contribution < -0.4 is 0 Å². The molecule has 0 aromatic carbocycles. The second-order valence-electron chi connectivity index (χ2n) is 13.1. The number of ether oxygens (including phenoxy) is 3. The number of unbranched alkanes of at least 4 members (excludes halogenated alkanes) is 1. The quantitative estimate of drug-likeness (QED) is 0.204. The monoisotopic (exact) mass is 498 g/mol. The number of esters is 1. The summed E-state index contributed by atoms with van der Waals surface area (Å²) in [5.41, 5.74) is 4.08. The molecule has 0 bridgehead atoms. The Kier molecular flexibility index (Phi) is 8.04. The number of carbonyl (C=O) groups is 1. The van der Waals surface area contributed by atoms with Gasteiger partial charge in [-0.15, -0.1) is 0 Å². The minimum absolute atomic E-state index is 0.0348. The van der Waals surface area contributed by atoms with Crippen LogP contribution in [0.25, 0.3) is 0 Å². The van der Waals surface area contributed by atoms with E-state index < -0.39 is 0 Å². The molecule has 4 heteroatoms. The summed E-state index contributed by atoms with van der Waals surface area (Å²) < 4.78 is 17.2. The summed E-state index contributed by atoms with van der Waals surface area (Å²) in [6.07, 6.45) is 21.7. The molecule has 5 aliphatic rings. The first-order valence-corrected chi connectivity index (χ1v) is 15.0. The van der Waals surface area contributed by atoms with Gasteiger partial charge in [0.2, 0.25) is 0 Å². The van der Waals surface area contributed by atoms with E-state index in [1.54, 1.807) is 11.1 Å². The number of methoxy groups -OCH3 is 1. The molecule has 1 saturated heterocycles. The first kappa shape index (κ1) is 26.5. The Balaban J connectivity index is 1.23. The van der Waals surface area contributed by atoms with Crippen molar-refractivity contribution in [3.8, 4) is 0 Å². The summed E-state index contributed by atoms with van der Waals surface area (Å²) in [5.74, 6) is 3.14. The third-order valence-electron chi connectivity index (χ3n) is 11.4. The van der Waals surface area contributed by atoms with Crippen molar-refractivity contribution >= 4 is 5.97 Å². The fourth-order valence-corrected chi connectivity index (χ4v) is 9.35. The van der Waals surface area contributed by atoms with Crippen LogP contribution in [0.2, 0.25) is 0 Å². The third kappa shape index (κ3) is 4.98. The normalized spacial score (nSPS) is 42.7. The van der Waals surface area contributed by atoms with Crippen molar-refractivity contribution in [3.63, 3.8) is 0 Å². The van der Waals surface area contributed by atoms with Crippen LogP contribution in [0.15, 0.2) is 23.3 Å². The van der Waals surface area contributed by atoms with Crippen molar-refractivity contribution in [3.05, 3.63) is 23.3 Å². The Labute approximate surface area is 219 Å². The lowest BCUT2D eigenvalue weighted by atomic mass is 9.47. The van der Waals surface area contributed by atoms with Crippen molar-refractivity contribution in [2.45, 2.75) is 123 Å². The minimum atomic E-state index is -0.0894. The first-order valence-electron chi connectivity index (χ1n) is 15.0. The van der Waals surface area contributed by atoms with E-state index in [1.807, 2.05) is 0 Å². The molecule has 0 N–H and O–H groups in total. The van der Waals surface area contributed by atoms with Crippen LogP contribution in [0.5, 0.6) is 0 Å². The average molecular weight is 499 g/mol. The van der Waals surface area contributed by atoms with Crippen LogP contribution in [-0.2, 0) is 19.0 Å². The molecule has 202 valence electrons. The minimum Gasteiger partial charge on any atom is -0.469 e. The lowest BCUT2D eigenvalue weighted by Crippen LogP contribution is -2.50. The molecule has 36 heavy (non-hydrogen) atoms. The number of carbonyl (C=O) groups excluding carboxylic acids is 1. The highest BCUT2D eigenvalue weighted by Crippen LogP contribution is 2.67. The van der Waals surface area contributed by atoms with E-state index in [-0.39, 0.29) is 12.3 Å². The van der Waals surface area contributed by atoms with Gasteiger partial charge in [-0.05, 0) is 125 Å². The molecule has 4 nitrogen and oxygen atoms in total. The maximum Gasteiger partial charge on any atom is 0.305 e. The summed E-state index contributed by atoms with van der Waals surface area (Å²) in [4.78, 5) is 11.5. The van der Waals surface area contributed by atoms with Gasteiger partial charge in [-0.1, -0.05) is 37.1 Å². The molecule has 8 atom stereocenters. The van der Waals surface area contributed by atoms with E-state index in [1.165, 1.54) is 64.9 Å². The summed E-state index contributed by atoms with van der Waals surface area (Å²) in [6, 6.07) is 0. The summed E-state index contributed by atoms with van der Waals surface area (Å²) in [5, 5.41) is 0. The summed E-state index contributed by atoms with van der Waals surface area (Å²) >= 11 is 0. The lowest BCUT2D eigenvalue weighted by molar-refractivity contribution is -0.195. The van der Waals surface area contributed by atoms with Crippen LogP contribution in [0.1, 0.15) is 111 Å². The molecule has 1 heterocycles. The molecule has 1 aliphatic heterocycles. The molecule has 4 fully saturated rings. The number of hydrogen-bond donors (Lipinski definition) is 0. The largest absolute Gasteiger partial charge is 0.469 e. The SMILES string of the molecule is COC(=O)CCC/C=C(\C)[C@H]1CCC2[C@@H]3CC=C4C[C@@H](OC5CCCCO5)CC[C@]4(C)C3CC[C@@]21C. The Morgan fingerprint density at radius 1 is 1.11 bits per heavy atom. The van der Waals surface area contributed by atoms with Crippen LogP contribution in [0.4, 0.5) is 0 Å². The van der Waals surface area contributed by atoms with Crippen LogP contribution >= 0.6 is 0 Å². The Morgan fingerprint density at radius 2 is 1.97 bits per heavy atom. The van der Waals surface area contributed by atoms with Crippen molar-refractivity contribution in [2.24, 2.45) is 34.5 Å². The molecule has 3 unspecified atom stereocenters. The molecule has 3 saturated carbocycles. The predicted molar refractivity (Wildman–Crippen MR) is 143 cm³/mol. The zero-order valence-corrected chi connectivity index (χ0v) is 23.4. The topological polar surface area (TPSA) is 44.8 Å². The van der Waals surface area contributed by atoms with Crippen LogP contribution in [0.3, 0.4) is 0 Å². The van der Waals surface area contributed by atoms with E-state index in [0.717, 1.165) is 50.0 Å². The van der Waals surface area contributed by atoms with Gasteiger partial charge >= 0.3 is 5.97 Å². The van der Waals surface area contributed by atoms with Gasteiger partial charge in [0.1, 0.15) is 0 Å². The molecular weight excluding hydrogens is 448 g/mol. The maximum absolute atomic E-state index is 11.5.